The maximum Gasteiger partial charge on any atom is 0.306 e. The van der Waals surface area contributed by atoms with E-state index in [1.54, 1.807) is 0 Å². The normalized spacial score (nSPS) is 19.6. The summed E-state index contributed by atoms with van der Waals surface area (Å²) in [6.45, 7) is 4.40. The van der Waals surface area contributed by atoms with Gasteiger partial charge in [0.2, 0.25) is 0 Å². The van der Waals surface area contributed by atoms with Gasteiger partial charge >= 0.3 is 5.97 Å². The molecule has 0 radical (unpaired) electrons. The molecule has 0 aromatic heterocycles. The van der Waals surface area contributed by atoms with E-state index >= 15 is 0 Å². The molecule has 0 heterocycles. The molecule has 0 saturated heterocycles. The lowest BCUT2D eigenvalue weighted by atomic mass is 10.0. The third kappa shape index (κ3) is 5.01. The second-order valence-corrected chi connectivity index (χ2v) is 4.42. The predicted octanol–water partition coefficient (Wildman–Crippen LogP) is 3.32. The number of rotatable bonds is 5. The summed E-state index contributed by atoms with van der Waals surface area (Å²) >= 11 is 0. The molecule has 0 bridgehead atoms. The summed E-state index contributed by atoms with van der Waals surface area (Å²) in [5.74, 6) is 0.986. The molecule has 15 heavy (non-hydrogen) atoms. The van der Waals surface area contributed by atoms with Crippen molar-refractivity contribution >= 4 is 5.97 Å². The van der Waals surface area contributed by atoms with Crippen molar-refractivity contribution in [1.29, 1.82) is 0 Å². The Kier molecular flexibility index (Phi) is 5.44. The van der Waals surface area contributed by atoms with Gasteiger partial charge in [0.1, 0.15) is 0 Å². The summed E-state index contributed by atoms with van der Waals surface area (Å²) in [4.78, 5) is 11.2. The molecular weight excluding hydrogens is 188 g/mol. The van der Waals surface area contributed by atoms with Crippen LogP contribution in [0.3, 0.4) is 0 Å². The molecule has 0 aromatic carbocycles. The number of hydrogen-bond acceptors (Lipinski definition) is 2. The minimum absolute atomic E-state index is 0.0823. The Morgan fingerprint density at radius 3 is 2.73 bits per heavy atom. The molecular formula is C13H22O2. The highest BCUT2D eigenvalue weighted by Gasteiger charge is 2.12. The highest BCUT2D eigenvalue weighted by Crippen LogP contribution is 2.26. The number of carbonyl (C=O) groups excluding carboxylic acids is 1. The fraction of sp³-hybridized carbons (Fsp3) is 0.769. The molecule has 0 amide bonds. The average molecular weight is 210 g/mol. The van der Waals surface area contributed by atoms with Crippen LogP contribution in [0.15, 0.2) is 12.2 Å². The first kappa shape index (κ1) is 12.3. The van der Waals surface area contributed by atoms with Crippen molar-refractivity contribution in [2.45, 2.75) is 46.0 Å². The molecule has 1 atom stereocenters. The second-order valence-electron chi connectivity index (χ2n) is 4.42. The van der Waals surface area contributed by atoms with Gasteiger partial charge in [-0.05, 0) is 31.6 Å². The van der Waals surface area contributed by atoms with Gasteiger partial charge in [-0.3, -0.25) is 4.79 Å². The van der Waals surface area contributed by atoms with Crippen LogP contribution in [0.1, 0.15) is 46.0 Å². The lowest BCUT2D eigenvalue weighted by molar-refractivity contribution is -0.143. The van der Waals surface area contributed by atoms with Crippen LogP contribution in [0, 0.1) is 11.8 Å². The predicted molar refractivity (Wildman–Crippen MR) is 61.5 cm³/mol. The molecule has 1 rings (SSSR count). The molecule has 1 aliphatic rings. The Morgan fingerprint density at radius 1 is 1.47 bits per heavy atom. The molecule has 1 unspecified atom stereocenters. The fourth-order valence-corrected chi connectivity index (χ4v) is 2.05. The van der Waals surface area contributed by atoms with Crippen LogP contribution in [0.5, 0.6) is 0 Å². The van der Waals surface area contributed by atoms with Gasteiger partial charge in [0.15, 0.2) is 0 Å². The molecule has 1 fully saturated rings. The third-order valence-corrected chi connectivity index (χ3v) is 2.91. The zero-order chi connectivity index (χ0) is 11.1. The Labute approximate surface area is 92.7 Å². The standard InChI is InChI=1S/C13H22O2/c1-3-15-13(14)10-11(2)8-9-12-6-4-5-7-12/h8-9,11-12H,3-7,10H2,1-2H3/b9-8+. The van der Waals surface area contributed by atoms with Gasteiger partial charge in [0, 0.05) is 0 Å². The largest absolute Gasteiger partial charge is 0.466 e. The smallest absolute Gasteiger partial charge is 0.306 e. The number of esters is 1. The maximum absolute atomic E-state index is 11.2. The van der Waals surface area contributed by atoms with Crippen LogP contribution in [0.2, 0.25) is 0 Å². The molecule has 1 aliphatic carbocycles. The van der Waals surface area contributed by atoms with Crippen molar-refractivity contribution in [3.8, 4) is 0 Å². The first-order chi connectivity index (χ1) is 7.22. The lowest BCUT2D eigenvalue weighted by Gasteiger charge is -2.07. The molecule has 0 N–H and O–H groups in total. The summed E-state index contributed by atoms with van der Waals surface area (Å²) in [6.07, 6.45) is 10.3. The number of allylic oxidation sites excluding steroid dienone is 2. The Morgan fingerprint density at radius 2 is 2.13 bits per heavy atom. The van der Waals surface area contributed by atoms with E-state index in [1.165, 1.54) is 25.7 Å². The lowest BCUT2D eigenvalue weighted by Crippen LogP contribution is -2.08. The monoisotopic (exact) mass is 210 g/mol. The zero-order valence-corrected chi connectivity index (χ0v) is 9.87. The minimum atomic E-state index is -0.0823. The molecule has 86 valence electrons. The van der Waals surface area contributed by atoms with Crippen molar-refractivity contribution in [2.75, 3.05) is 6.61 Å². The van der Waals surface area contributed by atoms with Crippen LogP contribution in [-0.4, -0.2) is 12.6 Å². The number of hydrogen-bond donors (Lipinski definition) is 0. The Balaban J connectivity index is 2.21. The molecule has 0 aromatic rings. The quantitative estimate of drug-likeness (QED) is 0.514. The second kappa shape index (κ2) is 6.65. The van der Waals surface area contributed by atoms with Crippen molar-refractivity contribution in [3.05, 3.63) is 12.2 Å². The topological polar surface area (TPSA) is 26.3 Å². The summed E-state index contributed by atoms with van der Waals surface area (Å²) in [5, 5.41) is 0. The van der Waals surface area contributed by atoms with E-state index in [-0.39, 0.29) is 5.97 Å². The fourth-order valence-electron chi connectivity index (χ4n) is 2.05. The van der Waals surface area contributed by atoms with Crippen LogP contribution < -0.4 is 0 Å². The number of ether oxygens (including phenoxy) is 1. The van der Waals surface area contributed by atoms with E-state index in [0.29, 0.717) is 18.9 Å². The molecule has 0 aliphatic heterocycles. The third-order valence-electron chi connectivity index (χ3n) is 2.91. The molecule has 1 saturated carbocycles. The summed E-state index contributed by atoms with van der Waals surface area (Å²) in [6, 6.07) is 0. The van der Waals surface area contributed by atoms with Crippen LogP contribution in [0.4, 0.5) is 0 Å². The Bertz CT molecular complexity index is 215. The van der Waals surface area contributed by atoms with Gasteiger partial charge in [-0.2, -0.15) is 0 Å². The van der Waals surface area contributed by atoms with Crippen LogP contribution in [-0.2, 0) is 9.53 Å². The van der Waals surface area contributed by atoms with Gasteiger partial charge < -0.3 is 4.74 Å². The van der Waals surface area contributed by atoms with Crippen LogP contribution in [0.25, 0.3) is 0 Å². The maximum atomic E-state index is 11.2. The van der Waals surface area contributed by atoms with Gasteiger partial charge in [-0.1, -0.05) is 31.9 Å². The van der Waals surface area contributed by atoms with E-state index in [2.05, 4.69) is 19.1 Å². The Hall–Kier alpha value is -0.790. The van der Waals surface area contributed by atoms with Crippen LogP contribution >= 0.6 is 0 Å². The highest BCUT2D eigenvalue weighted by atomic mass is 16.5. The molecule has 0 spiro atoms. The van der Waals surface area contributed by atoms with Crippen molar-refractivity contribution in [2.24, 2.45) is 11.8 Å². The summed E-state index contributed by atoms with van der Waals surface area (Å²) in [7, 11) is 0. The minimum Gasteiger partial charge on any atom is -0.466 e. The van der Waals surface area contributed by atoms with Gasteiger partial charge in [-0.15, -0.1) is 0 Å². The van der Waals surface area contributed by atoms with E-state index in [0.717, 1.165) is 5.92 Å². The van der Waals surface area contributed by atoms with Gasteiger partial charge in [0.25, 0.3) is 0 Å². The van der Waals surface area contributed by atoms with Gasteiger partial charge in [-0.25, -0.2) is 0 Å². The molecule has 2 heteroatoms. The first-order valence-corrected chi connectivity index (χ1v) is 6.06. The van der Waals surface area contributed by atoms with Gasteiger partial charge in [0.05, 0.1) is 13.0 Å². The SMILES string of the molecule is CCOC(=O)CC(C)/C=C/C1CCCC1. The number of carbonyl (C=O) groups is 1. The average Bonchev–Trinajstić information content (AvgIpc) is 2.67. The van der Waals surface area contributed by atoms with E-state index in [1.807, 2.05) is 6.92 Å². The van der Waals surface area contributed by atoms with E-state index in [9.17, 15) is 4.79 Å². The van der Waals surface area contributed by atoms with E-state index < -0.39 is 0 Å². The zero-order valence-electron chi connectivity index (χ0n) is 9.87. The van der Waals surface area contributed by atoms with Crippen molar-refractivity contribution < 1.29 is 9.53 Å². The van der Waals surface area contributed by atoms with E-state index in [4.69, 9.17) is 4.74 Å². The van der Waals surface area contributed by atoms with Crippen molar-refractivity contribution in [1.82, 2.24) is 0 Å². The van der Waals surface area contributed by atoms with Crippen molar-refractivity contribution in [3.63, 3.8) is 0 Å². The summed E-state index contributed by atoms with van der Waals surface area (Å²) in [5.41, 5.74) is 0. The first-order valence-electron chi connectivity index (χ1n) is 6.06. The highest BCUT2D eigenvalue weighted by molar-refractivity contribution is 5.69. The summed E-state index contributed by atoms with van der Waals surface area (Å²) < 4.78 is 4.91. The molecule has 2 nitrogen and oxygen atoms in total.